The molecule has 5 rings (SSSR count). The molecule has 0 unspecified atom stereocenters. The van der Waals surface area contributed by atoms with E-state index in [9.17, 15) is 0 Å². The minimum atomic E-state index is 0.675. The third-order valence-corrected chi connectivity index (χ3v) is 4.40. The monoisotopic (exact) mass is 355 g/mol. The summed E-state index contributed by atoms with van der Waals surface area (Å²) in [6.07, 6.45) is 5.33. The molecule has 27 heavy (non-hydrogen) atoms. The van der Waals surface area contributed by atoms with E-state index in [2.05, 4.69) is 44.4 Å². The number of hydrazine groups is 2. The molecular formula is C20H17N7. The van der Waals surface area contributed by atoms with Crippen LogP contribution >= 0.6 is 0 Å². The molecule has 3 aromatic heterocycles. The summed E-state index contributed by atoms with van der Waals surface area (Å²) in [7, 11) is 0. The van der Waals surface area contributed by atoms with Crippen molar-refractivity contribution < 1.29 is 0 Å². The topological polar surface area (TPSA) is 78.0 Å². The van der Waals surface area contributed by atoms with Gasteiger partial charge in [0.25, 0.3) is 0 Å². The first-order chi connectivity index (χ1) is 13.3. The van der Waals surface area contributed by atoms with Gasteiger partial charge < -0.3 is 10.7 Å². The summed E-state index contributed by atoms with van der Waals surface area (Å²) in [6.45, 7) is 0.675. The lowest BCUT2D eigenvalue weighted by atomic mass is 10.1. The number of rotatable bonds is 4. The molecule has 0 fully saturated rings. The third kappa shape index (κ3) is 3.11. The second-order valence-electron chi connectivity index (χ2n) is 6.29. The third-order valence-electron chi connectivity index (χ3n) is 4.40. The SMILES string of the molecule is c1cncc(Nc2ccc3c(n2)N(Cc2ccc4ncccc4c2)NN3)c1. The zero-order chi connectivity index (χ0) is 18.1. The minimum Gasteiger partial charge on any atom is -0.339 e. The molecule has 0 bridgehead atoms. The molecule has 0 saturated carbocycles. The maximum absolute atomic E-state index is 4.74. The number of aromatic nitrogens is 3. The van der Waals surface area contributed by atoms with Crippen LogP contribution in [0, 0.1) is 0 Å². The molecule has 4 heterocycles. The first-order valence-electron chi connectivity index (χ1n) is 8.66. The summed E-state index contributed by atoms with van der Waals surface area (Å²) < 4.78 is 0. The maximum Gasteiger partial charge on any atom is 0.171 e. The van der Waals surface area contributed by atoms with Gasteiger partial charge in [0.05, 0.1) is 29.6 Å². The van der Waals surface area contributed by atoms with E-state index < -0.39 is 0 Å². The Morgan fingerprint density at radius 3 is 2.89 bits per heavy atom. The van der Waals surface area contributed by atoms with E-state index >= 15 is 0 Å². The van der Waals surface area contributed by atoms with Crippen LogP contribution in [0.15, 0.2) is 73.2 Å². The van der Waals surface area contributed by atoms with E-state index in [1.54, 1.807) is 12.4 Å². The van der Waals surface area contributed by atoms with Gasteiger partial charge in [-0.25, -0.2) is 4.98 Å². The standard InChI is InChI=1S/C20H17N7/c1-3-15-11-14(5-6-17(15)22-10-1)13-27-20-18(25-26-27)7-8-19(24-20)23-16-4-2-9-21-12-16/h1-12,25-26H,13H2,(H,23,24). The van der Waals surface area contributed by atoms with Crippen LogP contribution in [0.4, 0.5) is 23.0 Å². The summed E-state index contributed by atoms with van der Waals surface area (Å²) in [5.74, 6) is 1.61. The Morgan fingerprint density at radius 2 is 1.96 bits per heavy atom. The van der Waals surface area contributed by atoms with Crippen molar-refractivity contribution in [2.24, 2.45) is 0 Å². The molecule has 132 valence electrons. The summed E-state index contributed by atoms with van der Waals surface area (Å²) in [6, 6.07) is 18.1. The summed E-state index contributed by atoms with van der Waals surface area (Å²) in [5, 5.41) is 6.39. The summed E-state index contributed by atoms with van der Waals surface area (Å²) in [4.78, 5) is 13.2. The zero-order valence-electron chi connectivity index (χ0n) is 14.4. The van der Waals surface area contributed by atoms with Crippen molar-refractivity contribution in [1.29, 1.82) is 0 Å². The van der Waals surface area contributed by atoms with Crippen LogP contribution in [0.1, 0.15) is 5.56 Å². The zero-order valence-corrected chi connectivity index (χ0v) is 14.4. The predicted molar refractivity (Wildman–Crippen MR) is 106 cm³/mol. The number of benzene rings is 1. The normalized spacial score (nSPS) is 12.7. The van der Waals surface area contributed by atoms with Gasteiger partial charge >= 0.3 is 0 Å². The van der Waals surface area contributed by atoms with Crippen molar-refractivity contribution in [3.8, 4) is 0 Å². The first kappa shape index (κ1) is 15.5. The fourth-order valence-corrected chi connectivity index (χ4v) is 3.11. The molecule has 0 aliphatic carbocycles. The molecule has 1 aliphatic rings. The Balaban J connectivity index is 1.40. The van der Waals surface area contributed by atoms with Crippen molar-refractivity contribution in [3.63, 3.8) is 0 Å². The van der Waals surface area contributed by atoms with Crippen LogP contribution in [0.2, 0.25) is 0 Å². The Hall–Kier alpha value is -3.71. The molecule has 1 aromatic carbocycles. The predicted octanol–water partition coefficient (Wildman–Crippen LogP) is 3.62. The number of hydrogen-bond acceptors (Lipinski definition) is 7. The lowest BCUT2D eigenvalue weighted by Crippen LogP contribution is -2.35. The highest BCUT2D eigenvalue weighted by Gasteiger charge is 2.21. The number of hydrogen-bond donors (Lipinski definition) is 3. The van der Waals surface area contributed by atoms with Crippen LogP contribution in [0.25, 0.3) is 10.9 Å². The fourth-order valence-electron chi connectivity index (χ4n) is 3.11. The van der Waals surface area contributed by atoms with Gasteiger partial charge in [-0.05, 0) is 48.0 Å². The van der Waals surface area contributed by atoms with Crippen molar-refractivity contribution in [2.45, 2.75) is 6.54 Å². The second kappa shape index (κ2) is 6.54. The Bertz CT molecular complexity index is 1100. The quantitative estimate of drug-likeness (QED) is 0.516. The number of fused-ring (bicyclic) bond motifs is 2. The molecule has 7 heteroatoms. The van der Waals surface area contributed by atoms with Crippen LogP contribution in [0.5, 0.6) is 0 Å². The number of pyridine rings is 3. The van der Waals surface area contributed by atoms with E-state index in [-0.39, 0.29) is 0 Å². The fraction of sp³-hybridized carbons (Fsp3) is 0.0500. The molecule has 1 aliphatic heterocycles. The lowest BCUT2D eigenvalue weighted by molar-refractivity contribution is 0.718. The van der Waals surface area contributed by atoms with Crippen molar-refractivity contribution >= 4 is 33.9 Å². The van der Waals surface area contributed by atoms with Gasteiger partial charge in [0.1, 0.15) is 5.82 Å². The molecule has 4 aromatic rings. The van der Waals surface area contributed by atoms with Crippen molar-refractivity contribution in [1.82, 2.24) is 20.5 Å². The number of anilines is 4. The largest absolute Gasteiger partial charge is 0.339 e. The van der Waals surface area contributed by atoms with Gasteiger partial charge in [0.2, 0.25) is 0 Å². The van der Waals surface area contributed by atoms with Gasteiger partial charge in [-0.3, -0.25) is 15.0 Å². The molecular weight excluding hydrogens is 338 g/mol. The average molecular weight is 355 g/mol. The van der Waals surface area contributed by atoms with Crippen LogP contribution in [-0.2, 0) is 6.54 Å². The number of nitrogens with zero attached hydrogens (tertiary/aromatic N) is 4. The molecule has 3 N–H and O–H groups in total. The van der Waals surface area contributed by atoms with Crippen LogP contribution in [0.3, 0.4) is 0 Å². The highest BCUT2D eigenvalue weighted by atomic mass is 15.7. The lowest BCUT2D eigenvalue weighted by Gasteiger charge is -2.17. The van der Waals surface area contributed by atoms with E-state index in [1.807, 2.05) is 47.6 Å². The average Bonchev–Trinajstić information content (AvgIpc) is 3.11. The molecule has 0 atom stereocenters. The second-order valence-corrected chi connectivity index (χ2v) is 6.29. The van der Waals surface area contributed by atoms with Gasteiger partial charge in [0.15, 0.2) is 5.82 Å². The van der Waals surface area contributed by atoms with Crippen molar-refractivity contribution in [3.05, 3.63) is 78.8 Å². The van der Waals surface area contributed by atoms with E-state index in [0.29, 0.717) is 6.54 Å². The summed E-state index contributed by atoms with van der Waals surface area (Å²) in [5.41, 5.74) is 10.3. The Labute approximate surface area is 156 Å². The van der Waals surface area contributed by atoms with Gasteiger partial charge in [-0.1, -0.05) is 12.1 Å². The smallest absolute Gasteiger partial charge is 0.171 e. The molecule has 0 amide bonds. The minimum absolute atomic E-state index is 0.675. The summed E-state index contributed by atoms with van der Waals surface area (Å²) >= 11 is 0. The highest BCUT2D eigenvalue weighted by molar-refractivity contribution is 5.79. The number of nitrogens with one attached hydrogen (secondary N) is 3. The molecule has 0 saturated heterocycles. The van der Waals surface area contributed by atoms with E-state index in [1.165, 1.54) is 5.56 Å². The van der Waals surface area contributed by atoms with Crippen LogP contribution < -0.4 is 21.3 Å². The van der Waals surface area contributed by atoms with Crippen LogP contribution in [-0.4, -0.2) is 15.0 Å². The Kier molecular flexibility index (Phi) is 3.77. The highest BCUT2D eigenvalue weighted by Crippen LogP contribution is 2.30. The molecule has 0 spiro atoms. The van der Waals surface area contributed by atoms with Gasteiger partial charge in [0, 0.05) is 17.8 Å². The maximum atomic E-state index is 4.74. The van der Waals surface area contributed by atoms with Gasteiger partial charge in [-0.15, -0.1) is 5.53 Å². The van der Waals surface area contributed by atoms with E-state index in [0.717, 1.165) is 33.9 Å². The Morgan fingerprint density at radius 1 is 1.00 bits per heavy atom. The molecule has 0 radical (unpaired) electrons. The molecule has 7 nitrogen and oxygen atoms in total. The van der Waals surface area contributed by atoms with E-state index in [4.69, 9.17) is 4.98 Å². The van der Waals surface area contributed by atoms with Crippen molar-refractivity contribution in [2.75, 3.05) is 15.8 Å². The van der Waals surface area contributed by atoms with Gasteiger partial charge in [-0.2, -0.15) is 0 Å². The first-order valence-corrected chi connectivity index (χ1v) is 8.66.